The molecule has 1 heterocycles. The van der Waals surface area contributed by atoms with Crippen LogP contribution in [0.2, 0.25) is 10.0 Å². The van der Waals surface area contributed by atoms with Crippen molar-refractivity contribution in [2.24, 2.45) is 0 Å². The molecule has 1 atom stereocenters. The van der Waals surface area contributed by atoms with Crippen molar-refractivity contribution in [2.45, 2.75) is 19.8 Å². The van der Waals surface area contributed by atoms with E-state index >= 15 is 0 Å². The molecule has 152 valence electrons. The highest BCUT2D eigenvalue weighted by Crippen LogP contribution is 2.40. The minimum atomic E-state index is -0.480. The topological polar surface area (TPSA) is 70.0 Å². The quantitative estimate of drug-likeness (QED) is 0.548. The zero-order chi connectivity index (χ0) is 21.8. The van der Waals surface area contributed by atoms with E-state index in [0.29, 0.717) is 32.5 Å². The molecule has 0 amide bonds. The molecular weight excluding hydrogens is 439 g/mol. The van der Waals surface area contributed by atoms with E-state index in [-0.39, 0.29) is 22.3 Å². The number of carbonyl (C=O) groups is 2. The molecule has 0 aliphatic carbocycles. The Labute approximate surface area is 189 Å². The van der Waals surface area contributed by atoms with E-state index < -0.39 is 5.92 Å². The molecule has 1 N–H and O–H groups in total. The van der Waals surface area contributed by atoms with Crippen LogP contribution in [0.15, 0.2) is 70.4 Å². The number of hydrogen-bond donors (Lipinski definition) is 1. The van der Waals surface area contributed by atoms with E-state index in [1.165, 1.54) is 24.8 Å². The van der Waals surface area contributed by atoms with E-state index in [1.807, 2.05) is 30.3 Å². The van der Waals surface area contributed by atoms with Gasteiger partial charge in [-0.05, 0) is 37.6 Å². The second-order valence-corrected chi connectivity index (χ2v) is 8.58. The van der Waals surface area contributed by atoms with Crippen LogP contribution in [0.25, 0.3) is 0 Å². The number of halogens is 2. The van der Waals surface area contributed by atoms with Gasteiger partial charge in [0.2, 0.25) is 0 Å². The number of dihydropyridines is 1. The zero-order valence-electron chi connectivity index (χ0n) is 16.3. The third-order valence-corrected chi connectivity index (χ3v) is 6.30. The fourth-order valence-corrected chi connectivity index (χ4v) is 4.89. The lowest BCUT2D eigenvalue weighted by Crippen LogP contribution is -2.27. The summed E-state index contributed by atoms with van der Waals surface area (Å²) in [6, 6.07) is 16.4. The van der Waals surface area contributed by atoms with Crippen LogP contribution in [0.5, 0.6) is 0 Å². The van der Waals surface area contributed by atoms with Gasteiger partial charge in [-0.1, -0.05) is 65.3 Å². The molecule has 1 aliphatic heterocycles. The summed E-state index contributed by atoms with van der Waals surface area (Å²) in [5.74, 6) is -0.677. The van der Waals surface area contributed by atoms with Crippen LogP contribution in [0.1, 0.15) is 35.7 Å². The Morgan fingerprint density at radius 1 is 1.17 bits per heavy atom. The summed E-state index contributed by atoms with van der Waals surface area (Å²) in [6.07, 6.45) is 0. The van der Waals surface area contributed by atoms with Crippen molar-refractivity contribution in [3.8, 4) is 6.07 Å². The largest absolute Gasteiger partial charge is 0.353 e. The molecule has 3 rings (SSSR count). The molecule has 30 heavy (non-hydrogen) atoms. The van der Waals surface area contributed by atoms with E-state index in [1.54, 1.807) is 19.1 Å². The summed E-state index contributed by atoms with van der Waals surface area (Å²) in [5, 5.41) is 14.4. The van der Waals surface area contributed by atoms with Crippen LogP contribution in [-0.4, -0.2) is 17.3 Å². The van der Waals surface area contributed by atoms with Crippen LogP contribution in [0.4, 0.5) is 0 Å². The standard InChI is InChI=1S/C23H18Cl2N2O2S/c1-13-21(14(2)28)22(15-6-4-3-5-7-15)18(11-26)23(27-13)30-12-20(29)17-9-8-16(24)10-19(17)25/h3-10,22,27H,12H2,1-2H3/t22-/m1/s1. The molecule has 0 radical (unpaired) electrons. The third kappa shape index (κ3) is 4.62. The fraction of sp³-hybridized carbons (Fsp3) is 0.174. The van der Waals surface area contributed by atoms with E-state index in [4.69, 9.17) is 23.2 Å². The van der Waals surface area contributed by atoms with Crippen molar-refractivity contribution in [1.82, 2.24) is 5.32 Å². The van der Waals surface area contributed by atoms with Crippen molar-refractivity contribution < 1.29 is 9.59 Å². The van der Waals surface area contributed by atoms with Crippen molar-refractivity contribution in [3.05, 3.63) is 91.6 Å². The van der Waals surface area contributed by atoms with Crippen molar-refractivity contribution in [3.63, 3.8) is 0 Å². The first-order valence-electron chi connectivity index (χ1n) is 9.12. The third-order valence-electron chi connectivity index (χ3n) is 4.74. The molecule has 4 nitrogen and oxygen atoms in total. The predicted octanol–water partition coefficient (Wildman–Crippen LogP) is 5.89. The second kappa shape index (κ2) is 9.53. The number of allylic oxidation sites excluding steroid dienone is 3. The first kappa shape index (κ1) is 22.2. The second-order valence-electron chi connectivity index (χ2n) is 6.75. The van der Waals surface area contributed by atoms with Gasteiger partial charge >= 0.3 is 0 Å². The molecule has 2 aromatic carbocycles. The average Bonchev–Trinajstić information content (AvgIpc) is 2.71. The van der Waals surface area contributed by atoms with Crippen LogP contribution >= 0.6 is 35.0 Å². The van der Waals surface area contributed by atoms with Gasteiger partial charge in [-0.3, -0.25) is 9.59 Å². The lowest BCUT2D eigenvalue weighted by molar-refractivity contribution is -0.113. The predicted molar refractivity (Wildman–Crippen MR) is 122 cm³/mol. The monoisotopic (exact) mass is 456 g/mol. The van der Waals surface area contributed by atoms with Crippen LogP contribution in [-0.2, 0) is 4.79 Å². The van der Waals surface area contributed by atoms with Gasteiger partial charge in [-0.15, -0.1) is 0 Å². The molecular formula is C23H18Cl2N2O2S. The SMILES string of the molecule is CC(=O)C1=C(C)NC(SCC(=O)c2ccc(Cl)cc2Cl)=C(C#N)[C@H]1c1ccccc1. The van der Waals surface area contributed by atoms with Gasteiger partial charge in [0.15, 0.2) is 11.6 Å². The minimum Gasteiger partial charge on any atom is -0.353 e. The maximum atomic E-state index is 12.7. The van der Waals surface area contributed by atoms with Gasteiger partial charge in [0.05, 0.1) is 33.4 Å². The fourth-order valence-electron chi connectivity index (χ4n) is 3.40. The number of carbonyl (C=O) groups excluding carboxylic acids is 2. The number of benzene rings is 2. The van der Waals surface area contributed by atoms with Crippen LogP contribution < -0.4 is 5.32 Å². The summed E-state index contributed by atoms with van der Waals surface area (Å²) in [7, 11) is 0. The zero-order valence-corrected chi connectivity index (χ0v) is 18.7. The number of ketones is 2. The van der Waals surface area contributed by atoms with E-state index in [2.05, 4.69) is 11.4 Å². The number of hydrogen-bond acceptors (Lipinski definition) is 5. The Balaban J connectivity index is 1.94. The molecule has 2 aromatic rings. The van der Waals surface area contributed by atoms with Crippen molar-refractivity contribution in [2.75, 3.05) is 5.75 Å². The van der Waals surface area contributed by atoms with Crippen molar-refractivity contribution >= 4 is 46.5 Å². The molecule has 0 unspecified atom stereocenters. The van der Waals surface area contributed by atoms with Gasteiger partial charge in [-0.25, -0.2) is 0 Å². The maximum absolute atomic E-state index is 12.7. The molecule has 0 spiro atoms. The van der Waals surface area contributed by atoms with Gasteiger partial charge in [0.1, 0.15) is 0 Å². The first-order chi connectivity index (χ1) is 14.3. The van der Waals surface area contributed by atoms with Gasteiger partial charge in [-0.2, -0.15) is 5.26 Å². The summed E-state index contributed by atoms with van der Waals surface area (Å²) >= 11 is 13.3. The number of nitrogens with one attached hydrogen (secondary N) is 1. The molecule has 7 heteroatoms. The molecule has 0 saturated carbocycles. The van der Waals surface area contributed by atoms with Crippen LogP contribution in [0.3, 0.4) is 0 Å². The summed E-state index contributed by atoms with van der Waals surface area (Å²) in [6.45, 7) is 3.30. The Bertz CT molecular complexity index is 1120. The number of nitriles is 1. The van der Waals surface area contributed by atoms with Gasteiger partial charge in [0.25, 0.3) is 0 Å². The number of Topliss-reactive ketones (excluding diaryl/α,β-unsaturated/α-hetero) is 2. The smallest absolute Gasteiger partial charge is 0.174 e. The highest BCUT2D eigenvalue weighted by molar-refractivity contribution is 8.03. The Morgan fingerprint density at radius 3 is 2.47 bits per heavy atom. The van der Waals surface area contributed by atoms with Crippen molar-refractivity contribution in [1.29, 1.82) is 5.26 Å². The van der Waals surface area contributed by atoms with E-state index in [0.717, 1.165) is 5.56 Å². The highest BCUT2D eigenvalue weighted by Gasteiger charge is 2.33. The van der Waals surface area contributed by atoms with Gasteiger partial charge < -0.3 is 5.32 Å². The van der Waals surface area contributed by atoms with Gasteiger partial charge in [0, 0.05) is 21.9 Å². The molecule has 0 aromatic heterocycles. The maximum Gasteiger partial charge on any atom is 0.174 e. The lowest BCUT2D eigenvalue weighted by Gasteiger charge is -2.29. The normalized spacial score (nSPS) is 16.2. The molecule has 1 aliphatic rings. The van der Waals surface area contributed by atoms with Crippen LogP contribution in [0, 0.1) is 11.3 Å². The first-order valence-corrected chi connectivity index (χ1v) is 10.9. The minimum absolute atomic E-state index is 0.0824. The lowest BCUT2D eigenvalue weighted by atomic mass is 9.81. The summed E-state index contributed by atoms with van der Waals surface area (Å²) < 4.78 is 0. The summed E-state index contributed by atoms with van der Waals surface area (Å²) in [4.78, 5) is 25.0. The molecule has 0 saturated heterocycles. The number of rotatable bonds is 6. The Morgan fingerprint density at radius 2 is 1.87 bits per heavy atom. The van der Waals surface area contributed by atoms with E-state index in [9.17, 15) is 14.9 Å². The number of thioether (sulfide) groups is 1. The molecule has 0 fully saturated rings. The average molecular weight is 457 g/mol. The molecule has 0 bridgehead atoms. The highest BCUT2D eigenvalue weighted by atomic mass is 35.5. The Hall–Kier alpha value is -2.52. The summed E-state index contributed by atoms with van der Waals surface area (Å²) in [5.41, 5.74) is 2.87. The Kier molecular flexibility index (Phi) is 7.04. The number of nitrogens with zero attached hydrogens (tertiary/aromatic N) is 1.